The van der Waals surface area contributed by atoms with E-state index in [9.17, 15) is 4.39 Å². The van der Waals surface area contributed by atoms with E-state index in [1.807, 2.05) is 12.1 Å². The molecule has 1 aromatic rings. The van der Waals surface area contributed by atoms with Gasteiger partial charge in [-0.2, -0.15) is 0 Å². The van der Waals surface area contributed by atoms with Crippen LogP contribution in [0.5, 0.6) is 0 Å². The normalized spacial score (nSPS) is 12.8. The third-order valence-electron chi connectivity index (χ3n) is 2.02. The predicted molar refractivity (Wildman–Crippen MR) is 53.8 cm³/mol. The molecule has 0 amide bonds. The van der Waals surface area contributed by atoms with Gasteiger partial charge in [-0.25, -0.2) is 0 Å². The number of alkyl halides is 1. The van der Waals surface area contributed by atoms with Gasteiger partial charge in [-0.15, -0.1) is 0 Å². The third kappa shape index (κ3) is 2.98. The molecule has 1 unspecified atom stereocenters. The van der Waals surface area contributed by atoms with Crippen molar-refractivity contribution in [3.8, 4) is 0 Å². The zero-order chi connectivity index (χ0) is 9.68. The lowest BCUT2D eigenvalue weighted by Crippen LogP contribution is -2.08. The maximum Gasteiger partial charge on any atom is 0.0963 e. The van der Waals surface area contributed by atoms with Gasteiger partial charge in [0.05, 0.1) is 6.67 Å². The molecule has 0 spiro atoms. The van der Waals surface area contributed by atoms with Crippen molar-refractivity contribution in [2.75, 3.05) is 13.2 Å². The summed E-state index contributed by atoms with van der Waals surface area (Å²) in [7, 11) is 0. The Balaban J connectivity index is 2.78. The molecule has 3 heteroatoms. The van der Waals surface area contributed by atoms with Gasteiger partial charge in [-0.1, -0.05) is 23.7 Å². The molecule has 0 aliphatic heterocycles. The molecule has 0 aromatic heterocycles. The van der Waals surface area contributed by atoms with Crippen molar-refractivity contribution in [3.63, 3.8) is 0 Å². The Hall–Kier alpha value is -0.600. The Bertz CT molecular complexity index is 265. The van der Waals surface area contributed by atoms with E-state index in [-0.39, 0.29) is 12.6 Å². The lowest BCUT2D eigenvalue weighted by atomic mass is 9.97. The van der Waals surface area contributed by atoms with Crippen LogP contribution in [0, 0.1) is 0 Å². The highest BCUT2D eigenvalue weighted by Gasteiger charge is 2.09. The minimum absolute atomic E-state index is 0.108. The van der Waals surface area contributed by atoms with E-state index in [1.54, 1.807) is 12.1 Å². The molecule has 1 rings (SSSR count). The fourth-order valence-electron chi connectivity index (χ4n) is 1.29. The van der Waals surface area contributed by atoms with Crippen molar-refractivity contribution in [2.45, 2.75) is 12.3 Å². The molecule has 0 bridgehead atoms. The van der Waals surface area contributed by atoms with Gasteiger partial charge in [0, 0.05) is 10.9 Å². The van der Waals surface area contributed by atoms with Crippen LogP contribution < -0.4 is 5.73 Å². The molecule has 72 valence electrons. The molecule has 1 atom stereocenters. The number of hydrogen-bond donors (Lipinski definition) is 1. The van der Waals surface area contributed by atoms with Gasteiger partial charge in [-0.3, -0.25) is 4.39 Å². The molecule has 0 heterocycles. The summed E-state index contributed by atoms with van der Waals surface area (Å²) in [6.07, 6.45) is 0.664. The van der Waals surface area contributed by atoms with E-state index in [0.29, 0.717) is 18.0 Å². The Kier molecular flexibility index (Phi) is 4.19. The van der Waals surface area contributed by atoms with Crippen LogP contribution in [0.1, 0.15) is 17.9 Å². The summed E-state index contributed by atoms with van der Waals surface area (Å²) in [5.41, 5.74) is 6.31. The number of benzene rings is 1. The van der Waals surface area contributed by atoms with Crippen LogP contribution in [0.3, 0.4) is 0 Å². The average molecular weight is 202 g/mol. The zero-order valence-corrected chi connectivity index (χ0v) is 8.10. The van der Waals surface area contributed by atoms with Crippen LogP contribution in [0.15, 0.2) is 24.3 Å². The van der Waals surface area contributed by atoms with Crippen LogP contribution in [0.4, 0.5) is 4.39 Å². The largest absolute Gasteiger partial charge is 0.330 e. The summed E-state index contributed by atoms with van der Waals surface area (Å²) in [6, 6.07) is 7.28. The molecule has 0 fully saturated rings. The second-order valence-electron chi connectivity index (χ2n) is 2.98. The number of nitrogens with two attached hydrogens (primary N) is 1. The van der Waals surface area contributed by atoms with Gasteiger partial charge in [0.25, 0.3) is 0 Å². The standard InChI is InChI=1S/C10H13ClFN/c11-10-3-1-2-8(6-10)9(7-12)4-5-13/h1-3,6,9H,4-5,7,13H2. The Labute approximate surface area is 82.7 Å². The molecule has 0 aliphatic carbocycles. The van der Waals surface area contributed by atoms with Gasteiger partial charge in [0.2, 0.25) is 0 Å². The van der Waals surface area contributed by atoms with Gasteiger partial charge in [0.15, 0.2) is 0 Å². The summed E-state index contributed by atoms with van der Waals surface area (Å²) in [5, 5.41) is 0.646. The lowest BCUT2D eigenvalue weighted by molar-refractivity contribution is 0.418. The summed E-state index contributed by atoms with van der Waals surface area (Å²) in [6.45, 7) is 0.124. The molecule has 0 saturated heterocycles. The van der Waals surface area contributed by atoms with Gasteiger partial charge >= 0.3 is 0 Å². The summed E-state index contributed by atoms with van der Waals surface area (Å²) >= 11 is 5.79. The minimum Gasteiger partial charge on any atom is -0.330 e. The van der Waals surface area contributed by atoms with Crippen LogP contribution in [0.2, 0.25) is 5.02 Å². The molecule has 2 N–H and O–H groups in total. The molecular formula is C10H13ClFN. The van der Waals surface area contributed by atoms with Crippen molar-refractivity contribution in [1.29, 1.82) is 0 Å². The maximum atomic E-state index is 12.6. The Morgan fingerprint density at radius 2 is 2.23 bits per heavy atom. The Morgan fingerprint density at radius 3 is 2.77 bits per heavy atom. The van der Waals surface area contributed by atoms with Crippen molar-refractivity contribution >= 4 is 11.6 Å². The topological polar surface area (TPSA) is 26.0 Å². The number of halogens is 2. The lowest BCUT2D eigenvalue weighted by Gasteiger charge is -2.12. The minimum atomic E-state index is -0.377. The van der Waals surface area contributed by atoms with Crippen molar-refractivity contribution in [1.82, 2.24) is 0 Å². The predicted octanol–water partition coefficient (Wildman–Crippen LogP) is 2.74. The van der Waals surface area contributed by atoms with Crippen LogP contribution in [-0.2, 0) is 0 Å². The second-order valence-corrected chi connectivity index (χ2v) is 3.42. The fraction of sp³-hybridized carbons (Fsp3) is 0.400. The molecule has 13 heavy (non-hydrogen) atoms. The molecule has 0 aliphatic rings. The number of hydrogen-bond acceptors (Lipinski definition) is 1. The fourth-order valence-corrected chi connectivity index (χ4v) is 1.49. The first-order valence-corrected chi connectivity index (χ1v) is 4.67. The van der Waals surface area contributed by atoms with E-state index in [2.05, 4.69) is 0 Å². The monoisotopic (exact) mass is 201 g/mol. The SMILES string of the molecule is NCCC(CF)c1cccc(Cl)c1. The highest BCUT2D eigenvalue weighted by atomic mass is 35.5. The zero-order valence-electron chi connectivity index (χ0n) is 7.34. The van der Waals surface area contributed by atoms with E-state index >= 15 is 0 Å². The van der Waals surface area contributed by atoms with Crippen LogP contribution in [-0.4, -0.2) is 13.2 Å². The first-order valence-electron chi connectivity index (χ1n) is 4.29. The van der Waals surface area contributed by atoms with E-state index < -0.39 is 0 Å². The van der Waals surface area contributed by atoms with Crippen molar-refractivity contribution < 1.29 is 4.39 Å². The van der Waals surface area contributed by atoms with Gasteiger partial charge < -0.3 is 5.73 Å². The summed E-state index contributed by atoms with van der Waals surface area (Å²) < 4.78 is 12.6. The Morgan fingerprint density at radius 1 is 1.46 bits per heavy atom. The first-order chi connectivity index (χ1) is 6.27. The smallest absolute Gasteiger partial charge is 0.0963 e. The van der Waals surface area contributed by atoms with Crippen molar-refractivity contribution in [2.24, 2.45) is 5.73 Å². The van der Waals surface area contributed by atoms with Gasteiger partial charge in [-0.05, 0) is 30.7 Å². The quantitative estimate of drug-likeness (QED) is 0.797. The van der Waals surface area contributed by atoms with E-state index in [4.69, 9.17) is 17.3 Å². The molecular weight excluding hydrogens is 189 g/mol. The first kappa shape index (κ1) is 10.5. The van der Waals surface area contributed by atoms with Crippen LogP contribution in [0.25, 0.3) is 0 Å². The molecule has 0 radical (unpaired) electrons. The summed E-state index contributed by atoms with van der Waals surface area (Å²) in [5.74, 6) is -0.108. The molecule has 0 saturated carbocycles. The third-order valence-corrected chi connectivity index (χ3v) is 2.26. The van der Waals surface area contributed by atoms with Crippen LogP contribution >= 0.6 is 11.6 Å². The summed E-state index contributed by atoms with van der Waals surface area (Å²) in [4.78, 5) is 0. The average Bonchev–Trinajstić information content (AvgIpc) is 2.14. The second kappa shape index (κ2) is 5.20. The molecule has 1 nitrogen and oxygen atoms in total. The highest BCUT2D eigenvalue weighted by molar-refractivity contribution is 6.30. The van der Waals surface area contributed by atoms with Gasteiger partial charge in [0.1, 0.15) is 0 Å². The molecule has 1 aromatic carbocycles. The maximum absolute atomic E-state index is 12.6. The van der Waals surface area contributed by atoms with Crippen molar-refractivity contribution in [3.05, 3.63) is 34.9 Å². The van der Waals surface area contributed by atoms with E-state index in [0.717, 1.165) is 5.56 Å². The van der Waals surface area contributed by atoms with E-state index in [1.165, 1.54) is 0 Å². The highest BCUT2D eigenvalue weighted by Crippen LogP contribution is 2.22. The number of rotatable bonds is 4.